The number of nitrogens with zero attached hydrogens (tertiary/aromatic N) is 5. The average molecular weight is 263 g/mol. The number of nitro benzene ring substituents is 1. The minimum atomic E-state index is -0.569. The molecule has 98 valence electrons. The summed E-state index contributed by atoms with van der Waals surface area (Å²) < 4.78 is 1.10. The Morgan fingerprint density at radius 2 is 2.37 bits per heavy atom. The number of rotatable bonds is 4. The number of anilines is 1. The van der Waals surface area contributed by atoms with E-state index < -0.39 is 4.92 Å². The number of non-ortho nitro benzene ring substituents is 1. The maximum atomic E-state index is 10.6. The summed E-state index contributed by atoms with van der Waals surface area (Å²) in [5, 5.41) is 31.0. The highest BCUT2D eigenvalue weighted by Crippen LogP contribution is 2.21. The maximum absolute atomic E-state index is 10.6. The Balaban J connectivity index is 2.16. The van der Waals surface area contributed by atoms with E-state index in [2.05, 4.69) is 20.7 Å². The lowest BCUT2D eigenvalue weighted by atomic mass is 10.2. The number of hydrogen-bond donors (Lipinski definition) is 3. The van der Waals surface area contributed by atoms with Gasteiger partial charge in [0, 0.05) is 17.7 Å². The van der Waals surface area contributed by atoms with Crippen molar-refractivity contribution in [2.45, 2.75) is 0 Å². The van der Waals surface area contributed by atoms with Crippen molar-refractivity contribution in [3.8, 4) is 5.75 Å². The van der Waals surface area contributed by atoms with E-state index in [9.17, 15) is 15.2 Å². The third-order valence-electron chi connectivity index (χ3n) is 2.16. The molecule has 2 rings (SSSR count). The van der Waals surface area contributed by atoms with E-state index in [0.717, 1.165) is 4.68 Å². The molecule has 1 aromatic heterocycles. The van der Waals surface area contributed by atoms with Gasteiger partial charge in [-0.1, -0.05) is 0 Å². The van der Waals surface area contributed by atoms with E-state index in [1.165, 1.54) is 30.7 Å². The molecule has 0 unspecified atom stereocenters. The number of nitrogen functional groups attached to an aromatic ring is 1. The van der Waals surface area contributed by atoms with Gasteiger partial charge in [0.2, 0.25) is 0 Å². The summed E-state index contributed by atoms with van der Waals surface area (Å²) in [4.78, 5) is 10.0. The molecule has 19 heavy (non-hydrogen) atoms. The van der Waals surface area contributed by atoms with E-state index in [4.69, 9.17) is 5.84 Å². The molecule has 0 fully saturated rings. The number of benzene rings is 1. The fourth-order valence-electron chi connectivity index (χ4n) is 1.24. The molecule has 10 nitrogen and oxygen atoms in total. The first kappa shape index (κ1) is 12.3. The quantitative estimate of drug-likeness (QED) is 0.306. The Labute approximate surface area is 106 Å². The van der Waals surface area contributed by atoms with Crippen LogP contribution in [-0.4, -0.2) is 31.1 Å². The summed E-state index contributed by atoms with van der Waals surface area (Å²) in [6.07, 6.45) is 2.47. The van der Waals surface area contributed by atoms with Crippen LogP contribution in [0.4, 0.5) is 11.6 Å². The first-order valence-electron chi connectivity index (χ1n) is 4.99. The Hall–Kier alpha value is -3.17. The number of aromatic nitrogens is 3. The molecule has 10 heteroatoms. The van der Waals surface area contributed by atoms with Crippen molar-refractivity contribution >= 4 is 17.9 Å². The first-order valence-corrected chi connectivity index (χ1v) is 4.99. The average Bonchev–Trinajstić information content (AvgIpc) is 2.77. The minimum Gasteiger partial charge on any atom is -0.507 e. The lowest BCUT2D eigenvalue weighted by molar-refractivity contribution is -0.384. The lowest BCUT2D eigenvalue weighted by Crippen LogP contribution is -2.10. The second kappa shape index (κ2) is 5.00. The Morgan fingerprint density at radius 3 is 3.00 bits per heavy atom. The highest BCUT2D eigenvalue weighted by atomic mass is 16.6. The predicted octanol–water partition coefficient (Wildman–Crippen LogP) is 0.0517. The van der Waals surface area contributed by atoms with Crippen molar-refractivity contribution in [1.29, 1.82) is 0 Å². The van der Waals surface area contributed by atoms with Gasteiger partial charge in [-0.25, -0.2) is 10.1 Å². The normalized spacial score (nSPS) is 10.7. The molecule has 1 aromatic carbocycles. The number of nitro groups is 1. The molecule has 0 saturated carbocycles. The van der Waals surface area contributed by atoms with Gasteiger partial charge in [-0.2, -0.15) is 5.10 Å². The number of nitrogens with two attached hydrogens (primary N) is 1. The van der Waals surface area contributed by atoms with E-state index in [0.29, 0.717) is 0 Å². The smallest absolute Gasteiger partial charge is 0.270 e. The van der Waals surface area contributed by atoms with Crippen LogP contribution in [-0.2, 0) is 0 Å². The largest absolute Gasteiger partial charge is 0.507 e. The Kier molecular flexibility index (Phi) is 3.23. The van der Waals surface area contributed by atoms with E-state index in [1.54, 1.807) is 0 Å². The van der Waals surface area contributed by atoms with E-state index >= 15 is 0 Å². The zero-order valence-corrected chi connectivity index (χ0v) is 9.46. The van der Waals surface area contributed by atoms with Crippen LogP contribution in [0, 0.1) is 10.1 Å². The summed E-state index contributed by atoms with van der Waals surface area (Å²) in [5.74, 6) is 5.48. The van der Waals surface area contributed by atoms with Crippen LogP contribution >= 0.6 is 0 Å². The number of aromatic hydroxyl groups is 1. The number of nitrogens with one attached hydrogen (secondary N) is 1. The monoisotopic (exact) mass is 263 g/mol. The van der Waals surface area contributed by atoms with Crippen molar-refractivity contribution in [3.05, 3.63) is 40.2 Å². The number of hydrazone groups is 1. The molecule has 0 spiro atoms. The standard InChI is InChI=1S/C9H9N7O3/c10-15-5-12-14-9(15)13-11-4-6-3-7(16(18)19)1-2-8(6)17/h1-5,17H,10H2,(H,13,14)/b11-4-. The molecule has 1 heterocycles. The van der Waals surface area contributed by atoms with Gasteiger partial charge in [-0.15, -0.1) is 10.2 Å². The van der Waals surface area contributed by atoms with Crippen LogP contribution in [0.2, 0.25) is 0 Å². The van der Waals surface area contributed by atoms with Crippen LogP contribution in [0.1, 0.15) is 5.56 Å². The Morgan fingerprint density at radius 1 is 1.58 bits per heavy atom. The summed E-state index contributed by atoms with van der Waals surface area (Å²) in [6.45, 7) is 0. The van der Waals surface area contributed by atoms with Gasteiger partial charge in [-0.05, 0) is 6.07 Å². The van der Waals surface area contributed by atoms with Gasteiger partial charge in [0.1, 0.15) is 12.1 Å². The van der Waals surface area contributed by atoms with Crippen molar-refractivity contribution in [3.63, 3.8) is 0 Å². The van der Waals surface area contributed by atoms with Gasteiger partial charge in [0.15, 0.2) is 0 Å². The molecule has 0 bridgehead atoms. The number of hydrogen-bond acceptors (Lipinski definition) is 8. The third-order valence-corrected chi connectivity index (χ3v) is 2.16. The van der Waals surface area contributed by atoms with Gasteiger partial charge in [-0.3, -0.25) is 10.1 Å². The topological polar surface area (TPSA) is 144 Å². The molecule has 0 radical (unpaired) electrons. The summed E-state index contributed by atoms with van der Waals surface area (Å²) in [5.41, 5.74) is 2.50. The molecule has 0 atom stereocenters. The zero-order chi connectivity index (χ0) is 13.8. The number of phenolic OH excluding ortho intramolecular Hbond substituents is 1. The molecular weight excluding hydrogens is 254 g/mol. The predicted molar refractivity (Wildman–Crippen MR) is 66.2 cm³/mol. The fraction of sp³-hybridized carbons (Fsp3) is 0. The molecule has 0 aliphatic rings. The second-order valence-electron chi connectivity index (χ2n) is 3.43. The maximum Gasteiger partial charge on any atom is 0.270 e. The molecule has 4 N–H and O–H groups in total. The van der Waals surface area contributed by atoms with Crippen LogP contribution in [0.15, 0.2) is 29.6 Å². The van der Waals surface area contributed by atoms with Crippen molar-refractivity contribution in [2.24, 2.45) is 5.10 Å². The third kappa shape index (κ3) is 2.74. The number of phenols is 1. The SMILES string of the molecule is Nn1cnnc1N/N=C\c1cc([N+](=O)[O-])ccc1O. The van der Waals surface area contributed by atoms with Crippen LogP contribution in [0.3, 0.4) is 0 Å². The van der Waals surface area contributed by atoms with Gasteiger partial charge in [0.05, 0.1) is 11.1 Å². The molecule has 0 aliphatic heterocycles. The van der Waals surface area contributed by atoms with Gasteiger partial charge in [0.25, 0.3) is 11.6 Å². The van der Waals surface area contributed by atoms with Crippen LogP contribution in [0.5, 0.6) is 5.75 Å². The molecule has 0 saturated heterocycles. The van der Waals surface area contributed by atoms with Crippen molar-refractivity contribution in [2.75, 3.05) is 11.3 Å². The zero-order valence-electron chi connectivity index (χ0n) is 9.46. The van der Waals surface area contributed by atoms with Gasteiger partial charge < -0.3 is 10.9 Å². The fourth-order valence-corrected chi connectivity index (χ4v) is 1.24. The first-order chi connectivity index (χ1) is 9.08. The summed E-state index contributed by atoms with van der Waals surface area (Å²) >= 11 is 0. The van der Waals surface area contributed by atoms with Crippen LogP contribution < -0.4 is 11.3 Å². The highest BCUT2D eigenvalue weighted by Gasteiger charge is 2.08. The van der Waals surface area contributed by atoms with Crippen molar-refractivity contribution in [1.82, 2.24) is 14.9 Å². The highest BCUT2D eigenvalue weighted by molar-refractivity contribution is 5.84. The second-order valence-corrected chi connectivity index (χ2v) is 3.43. The van der Waals surface area contributed by atoms with Gasteiger partial charge >= 0.3 is 0 Å². The summed E-state index contributed by atoms with van der Waals surface area (Å²) in [6, 6.07) is 3.59. The lowest BCUT2D eigenvalue weighted by Gasteiger charge is -2.00. The molecule has 0 amide bonds. The minimum absolute atomic E-state index is 0.134. The van der Waals surface area contributed by atoms with Crippen molar-refractivity contribution < 1.29 is 10.0 Å². The van der Waals surface area contributed by atoms with E-state index in [1.807, 2.05) is 0 Å². The molecule has 2 aromatic rings. The van der Waals surface area contributed by atoms with Crippen LogP contribution in [0.25, 0.3) is 0 Å². The van der Waals surface area contributed by atoms with E-state index in [-0.39, 0.29) is 22.9 Å². The molecule has 0 aliphatic carbocycles. The summed E-state index contributed by atoms with van der Waals surface area (Å²) in [7, 11) is 0. The Bertz CT molecular complexity index is 636. The molecular formula is C9H9N7O3.